The topological polar surface area (TPSA) is 50.7 Å². The monoisotopic (exact) mass is 130 g/mol. The summed E-state index contributed by atoms with van der Waals surface area (Å²) in [6.07, 6.45) is 1.67. The van der Waals surface area contributed by atoms with Gasteiger partial charge in [-0.15, -0.1) is 0 Å². The van der Waals surface area contributed by atoms with Crippen molar-refractivity contribution in [2.24, 2.45) is 5.16 Å². The fourth-order valence-electron chi connectivity index (χ4n) is 0.297. The van der Waals surface area contributed by atoms with Crippen molar-refractivity contribution in [3.8, 4) is 0 Å². The van der Waals surface area contributed by atoms with Crippen molar-refractivity contribution in [3.63, 3.8) is 0 Å². The first-order valence-corrected chi connectivity index (χ1v) is 2.56. The number of carbonyl (C=O) groups is 1. The summed E-state index contributed by atoms with van der Waals surface area (Å²) in [6.45, 7) is 0. The maximum atomic E-state index is 10.4. The van der Waals surface area contributed by atoms with Crippen LogP contribution in [0.1, 0.15) is 6.42 Å². The van der Waals surface area contributed by atoms with Crippen LogP contribution in [0, 0.1) is 0 Å². The largest absolute Gasteiger partial charge is 0.399 e. The molecule has 0 fully saturated rings. The van der Waals surface area contributed by atoms with Gasteiger partial charge >= 0.3 is 0 Å². The number of rotatable bonds is 3. The van der Waals surface area contributed by atoms with Crippen LogP contribution < -0.4 is 5.32 Å². The van der Waals surface area contributed by atoms with Gasteiger partial charge in [0.1, 0.15) is 7.11 Å². The van der Waals surface area contributed by atoms with Gasteiger partial charge in [-0.3, -0.25) is 4.79 Å². The van der Waals surface area contributed by atoms with Crippen LogP contribution in [0.2, 0.25) is 0 Å². The number of amides is 1. The van der Waals surface area contributed by atoms with Crippen LogP contribution in [-0.2, 0) is 9.63 Å². The standard InChI is InChI=1S/C5H10N2O2/c1-6-5(8)3-4-7-9-2/h4H,3H2,1-2H3,(H,6,8)/b7-4+. The van der Waals surface area contributed by atoms with Crippen LogP contribution in [0.5, 0.6) is 0 Å². The van der Waals surface area contributed by atoms with Gasteiger partial charge in [0.15, 0.2) is 0 Å². The molecule has 1 N–H and O–H groups in total. The van der Waals surface area contributed by atoms with E-state index in [9.17, 15) is 4.79 Å². The van der Waals surface area contributed by atoms with Crippen LogP contribution in [0.15, 0.2) is 5.16 Å². The molecule has 0 aromatic carbocycles. The average Bonchev–Trinajstić information content (AvgIpc) is 1.89. The fourth-order valence-corrected chi connectivity index (χ4v) is 0.297. The van der Waals surface area contributed by atoms with Gasteiger partial charge < -0.3 is 10.2 Å². The highest BCUT2D eigenvalue weighted by atomic mass is 16.6. The van der Waals surface area contributed by atoms with E-state index in [4.69, 9.17) is 0 Å². The van der Waals surface area contributed by atoms with Crippen molar-refractivity contribution >= 4 is 12.1 Å². The van der Waals surface area contributed by atoms with E-state index in [0.717, 1.165) is 0 Å². The molecule has 0 heterocycles. The Kier molecular flexibility index (Phi) is 4.49. The van der Waals surface area contributed by atoms with Gasteiger partial charge in [-0.1, -0.05) is 5.16 Å². The molecule has 0 radical (unpaired) electrons. The highest BCUT2D eigenvalue weighted by Gasteiger charge is 1.90. The molecule has 0 aliphatic carbocycles. The Hall–Kier alpha value is -1.06. The first kappa shape index (κ1) is 7.94. The van der Waals surface area contributed by atoms with Gasteiger partial charge in [0.25, 0.3) is 0 Å². The number of hydrogen-bond acceptors (Lipinski definition) is 3. The fraction of sp³-hybridized carbons (Fsp3) is 0.600. The van der Waals surface area contributed by atoms with E-state index in [0.29, 0.717) is 0 Å². The summed E-state index contributed by atoms with van der Waals surface area (Å²) in [5.41, 5.74) is 0. The lowest BCUT2D eigenvalue weighted by Crippen LogP contribution is -2.17. The van der Waals surface area contributed by atoms with Crippen molar-refractivity contribution in [1.29, 1.82) is 0 Å². The lowest BCUT2D eigenvalue weighted by molar-refractivity contribution is -0.119. The molecular weight excluding hydrogens is 120 g/mol. The molecule has 0 bridgehead atoms. The predicted molar refractivity (Wildman–Crippen MR) is 34.2 cm³/mol. The maximum Gasteiger partial charge on any atom is 0.225 e. The van der Waals surface area contributed by atoms with E-state index < -0.39 is 0 Å². The summed E-state index contributed by atoms with van der Waals surface area (Å²) in [7, 11) is 3.00. The van der Waals surface area contributed by atoms with Crippen molar-refractivity contribution in [1.82, 2.24) is 5.32 Å². The molecule has 0 aromatic heterocycles. The van der Waals surface area contributed by atoms with Crippen molar-refractivity contribution in [2.75, 3.05) is 14.2 Å². The number of nitrogens with zero attached hydrogens (tertiary/aromatic N) is 1. The molecule has 0 unspecified atom stereocenters. The Morgan fingerprint density at radius 2 is 2.56 bits per heavy atom. The maximum absolute atomic E-state index is 10.4. The molecule has 0 spiro atoms. The molecule has 0 aliphatic heterocycles. The van der Waals surface area contributed by atoms with E-state index in [2.05, 4.69) is 15.3 Å². The van der Waals surface area contributed by atoms with Crippen LogP contribution in [0.4, 0.5) is 0 Å². The lowest BCUT2D eigenvalue weighted by Gasteiger charge is -1.90. The third kappa shape index (κ3) is 4.80. The number of nitrogens with one attached hydrogen (secondary N) is 1. The van der Waals surface area contributed by atoms with Crippen LogP contribution in [-0.4, -0.2) is 26.3 Å². The molecule has 0 rings (SSSR count). The zero-order valence-electron chi connectivity index (χ0n) is 5.55. The summed E-state index contributed by atoms with van der Waals surface area (Å²) < 4.78 is 0. The van der Waals surface area contributed by atoms with E-state index in [-0.39, 0.29) is 12.3 Å². The smallest absolute Gasteiger partial charge is 0.225 e. The van der Waals surface area contributed by atoms with Crippen molar-refractivity contribution < 1.29 is 9.63 Å². The lowest BCUT2D eigenvalue weighted by atomic mass is 10.4. The van der Waals surface area contributed by atoms with Crippen LogP contribution in [0.3, 0.4) is 0 Å². The predicted octanol–water partition coefficient (Wildman–Crippen LogP) is -0.245. The molecule has 4 heteroatoms. The van der Waals surface area contributed by atoms with Gasteiger partial charge in [-0.2, -0.15) is 0 Å². The number of carbonyl (C=O) groups excluding carboxylic acids is 1. The van der Waals surface area contributed by atoms with Crippen LogP contribution in [0.25, 0.3) is 0 Å². The zero-order chi connectivity index (χ0) is 7.11. The Morgan fingerprint density at radius 3 is 3.00 bits per heavy atom. The molecule has 0 saturated heterocycles. The molecule has 9 heavy (non-hydrogen) atoms. The first-order valence-electron chi connectivity index (χ1n) is 2.56. The third-order valence-electron chi connectivity index (χ3n) is 0.735. The zero-order valence-corrected chi connectivity index (χ0v) is 5.55. The molecule has 52 valence electrons. The van der Waals surface area contributed by atoms with E-state index in [1.165, 1.54) is 13.3 Å². The minimum absolute atomic E-state index is 0.0733. The van der Waals surface area contributed by atoms with E-state index in [1.54, 1.807) is 7.05 Å². The number of oxime groups is 1. The highest BCUT2D eigenvalue weighted by molar-refractivity contribution is 5.89. The summed E-state index contributed by atoms with van der Waals surface area (Å²) in [5.74, 6) is -0.0733. The van der Waals surface area contributed by atoms with E-state index >= 15 is 0 Å². The summed E-state index contributed by atoms with van der Waals surface area (Å²) in [4.78, 5) is 14.8. The Bertz CT molecular complexity index is 112. The van der Waals surface area contributed by atoms with Gasteiger partial charge in [-0.05, 0) is 0 Å². The normalized spacial score (nSPS) is 9.56. The molecule has 0 aromatic rings. The number of hydrogen-bond donors (Lipinski definition) is 1. The molecular formula is C5H10N2O2. The molecule has 4 nitrogen and oxygen atoms in total. The SMILES string of the molecule is CNC(=O)C/C=N/OC. The van der Waals surface area contributed by atoms with Crippen molar-refractivity contribution in [3.05, 3.63) is 0 Å². The van der Waals surface area contributed by atoms with E-state index in [1.807, 2.05) is 0 Å². The molecule has 0 saturated carbocycles. The second-order valence-corrected chi connectivity index (χ2v) is 1.35. The Morgan fingerprint density at radius 1 is 1.89 bits per heavy atom. The van der Waals surface area contributed by atoms with Gasteiger partial charge in [0.2, 0.25) is 5.91 Å². The second-order valence-electron chi connectivity index (χ2n) is 1.35. The third-order valence-corrected chi connectivity index (χ3v) is 0.735. The molecule has 0 aliphatic rings. The second kappa shape index (κ2) is 5.08. The minimum Gasteiger partial charge on any atom is -0.399 e. The van der Waals surface area contributed by atoms with Crippen LogP contribution >= 0.6 is 0 Å². The summed E-state index contributed by atoms with van der Waals surface area (Å²) >= 11 is 0. The van der Waals surface area contributed by atoms with Gasteiger partial charge in [-0.25, -0.2) is 0 Å². The quantitative estimate of drug-likeness (QED) is 0.423. The molecule has 1 amide bonds. The average molecular weight is 130 g/mol. The first-order chi connectivity index (χ1) is 4.31. The Balaban J connectivity index is 3.26. The van der Waals surface area contributed by atoms with Gasteiger partial charge in [0, 0.05) is 7.05 Å². The summed E-state index contributed by atoms with van der Waals surface area (Å²) in [6, 6.07) is 0. The summed E-state index contributed by atoms with van der Waals surface area (Å²) in [5, 5.41) is 5.81. The molecule has 0 atom stereocenters. The van der Waals surface area contributed by atoms with Gasteiger partial charge in [0.05, 0.1) is 12.6 Å². The minimum atomic E-state index is -0.0733. The highest BCUT2D eigenvalue weighted by Crippen LogP contribution is 1.73. The van der Waals surface area contributed by atoms with Crippen molar-refractivity contribution in [2.45, 2.75) is 6.42 Å². The Labute approximate surface area is 53.9 Å².